The summed E-state index contributed by atoms with van der Waals surface area (Å²) in [6, 6.07) is 17.6. The van der Waals surface area contributed by atoms with Crippen molar-refractivity contribution in [2.75, 3.05) is 13.2 Å². The van der Waals surface area contributed by atoms with Crippen molar-refractivity contribution >= 4 is 5.91 Å². The molecule has 0 spiro atoms. The lowest BCUT2D eigenvalue weighted by Gasteiger charge is -2.08. The number of rotatable bonds is 6. The first kappa shape index (κ1) is 14.1. The molecular weight excluding hydrogens is 250 g/mol. The molecule has 20 heavy (non-hydrogen) atoms. The van der Waals surface area contributed by atoms with Crippen molar-refractivity contribution in [3.63, 3.8) is 0 Å². The van der Waals surface area contributed by atoms with Gasteiger partial charge in [0.25, 0.3) is 0 Å². The average molecular weight is 269 g/mol. The Labute approximate surface area is 119 Å². The van der Waals surface area contributed by atoms with Crippen LogP contribution in [0.15, 0.2) is 54.6 Å². The van der Waals surface area contributed by atoms with Crippen LogP contribution in [-0.4, -0.2) is 19.1 Å². The van der Waals surface area contributed by atoms with Crippen LogP contribution in [0.4, 0.5) is 0 Å². The molecular formula is C17H19NO2. The van der Waals surface area contributed by atoms with Gasteiger partial charge >= 0.3 is 0 Å². The largest absolute Gasteiger partial charge is 0.492 e. The number of hydrogen-bond acceptors (Lipinski definition) is 2. The van der Waals surface area contributed by atoms with Gasteiger partial charge in [0.2, 0.25) is 5.91 Å². The first-order valence-electron chi connectivity index (χ1n) is 6.74. The second-order valence-corrected chi connectivity index (χ2v) is 4.68. The molecule has 0 fully saturated rings. The van der Waals surface area contributed by atoms with Crippen molar-refractivity contribution in [2.24, 2.45) is 0 Å². The summed E-state index contributed by atoms with van der Waals surface area (Å²) in [7, 11) is 0. The fraction of sp³-hybridized carbons (Fsp3) is 0.235. The number of nitrogens with one attached hydrogen (secondary N) is 1. The zero-order chi connectivity index (χ0) is 14.2. The van der Waals surface area contributed by atoms with Crippen LogP contribution in [0.1, 0.15) is 11.1 Å². The van der Waals surface area contributed by atoms with Crippen molar-refractivity contribution < 1.29 is 9.53 Å². The minimum absolute atomic E-state index is 0.0176. The van der Waals surface area contributed by atoms with Crippen LogP contribution in [-0.2, 0) is 11.2 Å². The van der Waals surface area contributed by atoms with Crippen LogP contribution in [0.5, 0.6) is 5.75 Å². The fourth-order valence-electron chi connectivity index (χ4n) is 1.91. The second-order valence-electron chi connectivity index (χ2n) is 4.68. The lowest BCUT2D eigenvalue weighted by molar-refractivity contribution is -0.120. The van der Waals surface area contributed by atoms with Gasteiger partial charge in [-0.25, -0.2) is 0 Å². The summed E-state index contributed by atoms with van der Waals surface area (Å²) in [5.74, 6) is 0.853. The SMILES string of the molecule is Cc1cccc(OCCNC(=O)Cc2ccccc2)c1. The van der Waals surface area contributed by atoms with Crippen LogP contribution in [0.25, 0.3) is 0 Å². The van der Waals surface area contributed by atoms with Gasteiger partial charge in [0.1, 0.15) is 12.4 Å². The maximum absolute atomic E-state index is 11.7. The summed E-state index contributed by atoms with van der Waals surface area (Å²) >= 11 is 0. The van der Waals surface area contributed by atoms with Crippen LogP contribution < -0.4 is 10.1 Å². The number of carbonyl (C=O) groups is 1. The lowest BCUT2D eigenvalue weighted by atomic mass is 10.1. The van der Waals surface area contributed by atoms with E-state index in [1.54, 1.807) is 0 Å². The quantitative estimate of drug-likeness (QED) is 0.819. The number of hydrogen-bond donors (Lipinski definition) is 1. The predicted molar refractivity (Wildman–Crippen MR) is 79.8 cm³/mol. The van der Waals surface area contributed by atoms with Crippen LogP contribution in [0.3, 0.4) is 0 Å². The van der Waals surface area contributed by atoms with Crippen molar-refractivity contribution in [3.8, 4) is 5.75 Å². The van der Waals surface area contributed by atoms with E-state index in [0.29, 0.717) is 19.6 Å². The van der Waals surface area contributed by atoms with Gasteiger partial charge in [-0.15, -0.1) is 0 Å². The Morgan fingerprint density at radius 2 is 1.90 bits per heavy atom. The molecule has 2 aromatic carbocycles. The maximum atomic E-state index is 11.7. The molecule has 1 amide bonds. The normalized spacial score (nSPS) is 10.1. The van der Waals surface area contributed by atoms with Gasteiger partial charge in [-0.2, -0.15) is 0 Å². The number of amides is 1. The maximum Gasteiger partial charge on any atom is 0.224 e. The van der Waals surface area contributed by atoms with E-state index in [2.05, 4.69) is 5.32 Å². The van der Waals surface area contributed by atoms with E-state index in [9.17, 15) is 4.79 Å². The molecule has 0 bridgehead atoms. The van der Waals surface area contributed by atoms with Crippen molar-refractivity contribution in [2.45, 2.75) is 13.3 Å². The summed E-state index contributed by atoms with van der Waals surface area (Å²) in [5, 5.41) is 2.85. The summed E-state index contributed by atoms with van der Waals surface area (Å²) < 4.78 is 5.57. The van der Waals surface area contributed by atoms with E-state index in [4.69, 9.17) is 4.74 Å². The Morgan fingerprint density at radius 1 is 1.10 bits per heavy atom. The Morgan fingerprint density at radius 3 is 2.65 bits per heavy atom. The Balaban J connectivity index is 1.67. The lowest BCUT2D eigenvalue weighted by Crippen LogP contribution is -2.29. The van der Waals surface area contributed by atoms with E-state index in [-0.39, 0.29) is 5.91 Å². The van der Waals surface area contributed by atoms with Gasteiger partial charge in [0.05, 0.1) is 13.0 Å². The van der Waals surface area contributed by atoms with Crippen molar-refractivity contribution in [1.29, 1.82) is 0 Å². The molecule has 1 N–H and O–H groups in total. The van der Waals surface area contributed by atoms with Gasteiger partial charge in [0, 0.05) is 0 Å². The third kappa shape index (κ3) is 4.76. The number of benzene rings is 2. The predicted octanol–water partition coefficient (Wildman–Crippen LogP) is 2.73. The molecule has 3 nitrogen and oxygen atoms in total. The number of ether oxygens (including phenoxy) is 1. The Hall–Kier alpha value is -2.29. The fourth-order valence-corrected chi connectivity index (χ4v) is 1.91. The Bertz CT molecular complexity index is 552. The van der Waals surface area contributed by atoms with Gasteiger partial charge in [-0.1, -0.05) is 42.5 Å². The zero-order valence-electron chi connectivity index (χ0n) is 11.6. The molecule has 0 unspecified atom stereocenters. The molecule has 2 rings (SSSR count). The molecule has 0 atom stereocenters. The minimum atomic E-state index is 0.0176. The summed E-state index contributed by atoms with van der Waals surface area (Å²) in [6.07, 6.45) is 0.408. The van der Waals surface area contributed by atoms with E-state index in [0.717, 1.165) is 16.9 Å². The highest BCUT2D eigenvalue weighted by Crippen LogP contribution is 2.11. The smallest absolute Gasteiger partial charge is 0.224 e. The molecule has 0 aliphatic rings. The molecule has 0 saturated carbocycles. The molecule has 0 radical (unpaired) electrons. The van der Waals surface area contributed by atoms with Gasteiger partial charge < -0.3 is 10.1 Å². The molecule has 2 aromatic rings. The van der Waals surface area contributed by atoms with Gasteiger partial charge in [-0.05, 0) is 30.2 Å². The minimum Gasteiger partial charge on any atom is -0.492 e. The average Bonchev–Trinajstić information content (AvgIpc) is 2.45. The Kier molecular flexibility index (Phi) is 5.18. The molecule has 0 aliphatic carbocycles. The zero-order valence-corrected chi connectivity index (χ0v) is 11.6. The highest BCUT2D eigenvalue weighted by Gasteiger charge is 2.02. The van der Waals surface area contributed by atoms with Gasteiger partial charge in [0.15, 0.2) is 0 Å². The molecule has 104 valence electrons. The topological polar surface area (TPSA) is 38.3 Å². The van der Waals surface area contributed by atoms with Crippen molar-refractivity contribution in [1.82, 2.24) is 5.32 Å². The van der Waals surface area contributed by atoms with Crippen LogP contribution >= 0.6 is 0 Å². The van der Waals surface area contributed by atoms with Crippen molar-refractivity contribution in [3.05, 3.63) is 65.7 Å². The second kappa shape index (κ2) is 7.34. The number of carbonyl (C=O) groups excluding carboxylic acids is 1. The monoisotopic (exact) mass is 269 g/mol. The molecule has 0 heterocycles. The highest BCUT2D eigenvalue weighted by molar-refractivity contribution is 5.78. The van der Waals surface area contributed by atoms with E-state index >= 15 is 0 Å². The molecule has 0 saturated heterocycles. The summed E-state index contributed by atoms with van der Waals surface area (Å²) in [6.45, 7) is 3.01. The molecule has 3 heteroatoms. The van der Waals surface area contributed by atoms with Crippen LogP contribution in [0.2, 0.25) is 0 Å². The van der Waals surface area contributed by atoms with Crippen LogP contribution in [0, 0.1) is 6.92 Å². The molecule has 0 aliphatic heterocycles. The first-order valence-corrected chi connectivity index (χ1v) is 6.74. The summed E-state index contributed by atoms with van der Waals surface area (Å²) in [5.41, 5.74) is 2.18. The first-order chi connectivity index (χ1) is 9.74. The standard InChI is InChI=1S/C17H19NO2/c1-14-6-5-9-16(12-14)20-11-10-18-17(19)13-15-7-3-2-4-8-15/h2-9,12H,10-11,13H2,1H3,(H,18,19). The highest BCUT2D eigenvalue weighted by atomic mass is 16.5. The summed E-state index contributed by atoms with van der Waals surface area (Å²) in [4.78, 5) is 11.7. The van der Waals surface area contributed by atoms with Gasteiger partial charge in [-0.3, -0.25) is 4.79 Å². The third-order valence-electron chi connectivity index (χ3n) is 2.89. The van der Waals surface area contributed by atoms with E-state index in [1.807, 2.05) is 61.5 Å². The number of aryl methyl sites for hydroxylation is 1. The van der Waals surface area contributed by atoms with E-state index < -0.39 is 0 Å². The van der Waals surface area contributed by atoms with E-state index in [1.165, 1.54) is 0 Å². The molecule has 0 aromatic heterocycles. The third-order valence-corrected chi connectivity index (χ3v) is 2.89.